The lowest BCUT2D eigenvalue weighted by molar-refractivity contribution is 1.51. The minimum Gasteiger partial charge on any atom is -0.248 e. The van der Waals surface area contributed by atoms with E-state index in [4.69, 9.17) is 4.98 Å². The van der Waals surface area contributed by atoms with Crippen molar-refractivity contribution in [1.29, 1.82) is 0 Å². The summed E-state index contributed by atoms with van der Waals surface area (Å²) in [6, 6.07) is 41.2. The molecule has 0 saturated heterocycles. The van der Waals surface area contributed by atoms with E-state index in [2.05, 4.69) is 115 Å². The van der Waals surface area contributed by atoms with E-state index in [-0.39, 0.29) is 0 Å². The van der Waals surface area contributed by atoms with Crippen molar-refractivity contribution in [2.45, 2.75) is 0 Å². The van der Waals surface area contributed by atoms with Gasteiger partial charge in [0.2, 0.25) is 0 Å². The van der Waals surface area contributed by atoms with Crippen LogP contribution in [0.4, 0.5) is 0 Å². The Bertz CT molecular complexity index is 1730. The molecule has 6 aromatic carbocycles. The first kappa shape index (κ1) is 17.5. The second-order valence-corrected chi connectivity index (χ2v) is 8.38. The molecule has 32 heavy (non-hydrogen) atoms. The molecule has 0 N–H and O–H groups in total. The van der Waals surface area contributed by atoms with Crippen molar-refractivity contribution < 1.29 is 0 Å². The van der Waals surface area contributed by atoms with Crippen molar-refractivity contribution in [3.8, 4) is 22.3 Å². The minimum atomic E-state index is 1.04. The van der Waals surface area contributed by atoms with Crippen LogP contribution in [0.1, 0.15) is 0 Å². The van der Waals surface area contributed by atoms with Crippen LogP contribution in [0.15, 0.2) is 115 Å². The maximum Gasteiger partial charge on any atom is 0.0728 e. The summed E-state index contributed by atoms with van der Waals surface area (Å²) in [7, 11) is 0. The Morgan fingerprint density at radius 1 is 0.375 bits per heavy atom. The number of para-hydroxylation sites is 1. The summed E-state index contributed by atoms with van der Waals surface area (Å²) in [5, 5.41) is 7.60. The average Bonchev–Trinajstić information content (AvgIpc) is 2.87. The summed E-state index contributed by atoms with van der Waals surface area (Å²) in [6.45, 7) is 0. The zero-order valence-electron chi connectivity index (χ0n) is 17.4. The summed E-state index contributed by atoms with van der Waals surface area (Å²) in [4.78, 5) is 5.12. The largest absolute Gasteiger partial charge is 0.248 e. The molecule has 0 aliphatic heterocycles. The molecule has 0 saturated carbocycles. The quantitative estimate of drug-likeness (QED) is 0.208. The number of pyridine rings is 1. The van der Waals surface area contributed by atoms with E-state index in [0.29, 0.717) is 0 Å². The lowest BCUT2D eigenvalue weighted by Gasteiger charge is -2.18. The van der Waals surface area contributed by atoms with E-state index in [1.165, 1.54) is 54.6 Å². The molecule has 0 aliphatic rings. The lowest BCUT2D eigenvalue weighted by Crippen LogP contribution is -1.93. The zero-order chi connectivity index (χ0) is 21.1. The highest BCUT2D eigenvalue weighted by atomic mass is 14.7. The van der Waals surface area contributed by atoms with Crippen LogP contribution >= 0.6 is 0 Å². The fraction of sp³-hybridized carbons (Fsp3) is 0. The standard InChI is InChI=1S/C31H19N/c1-3-10-20(11-4-1)25-18-27-22-14-7-8-17-28(22)32-29-19-26(21-12-5-2-6-13-21)24-16-9-15-23(25)30(24)31(27)29/h1-19H. The molecule has 0 atom stereocenters. The molecule has 0 unspecified atom stereocenters. The molecule has 0 amide bonds. The van der Waals surface area contributed by atoms with Gasteiger partial charge in [-0.15, -0.1) is 0 Å². The Labute approximate surface area is 185 Å². The molecule has 0 fully saturated rings. The number of rotatable bonds is 2. The molecule has 1 aromatic heterocycles. The average molecular weight is 406 g/mol. The summed E-state index contributed by atoms with van der Waals surface area (Å²) in [5.74, 6) is 0. The fourth-order valence-electron chi connectivity index (χ4n) is 5.19. The number of hydrogen-bond acceptors (Lipinski definition) is 1. The monoisotopic (exact) mass is 405 g/mol. The molecule has 0 spiro atoms. The maximum absolute atomic E-state index is 5.12. The third kappa shape index (κ3) is 2.42. The van der Waals surface area contributed by atoms with Gasteiger partial charge in [0.25, 0.3) is 0 Å². The van der Waals surface area contributed by atoms with Gasteiger partial charge >= 0.3 is 0 Å². The number of aromatic nitrogens is 1. The normalized spacial score (nSPS) is 11.8. The van der Waals surface area contributed by atoms with Gasteiger partial charge in [-0.1, -0.05) is 97.1 Å². The third-order valence-corrected chi connectivity index (χ3v) is 6.59. The molecule has 1 heteroatoms. The topological polar surface area (TPSA) is 12.9 Å². The first-order valence-electron chi connectivity index (χ1n) is 11.0. The van der Waals surface area contributed by atoms with Gasteiger partial charge in [-0.05, 0) is 56.6 Å². The minimum absolute atomic E-state index is 1.04. The van der Waals surface area contributed by atoms with E-state index in [9.17, 15) is 0 Å². The number of fused-ring (bicyclic) bond motifs is 2. The summed E-state index contributed by atoms with van der Waals surface area (Å²) >= 11 is 0. The molecule has 1 nitrogen and oxygen atoms in total. The smallest absolute Gasteiger partial charge is 0.0728 e. The van der Waals surface area contributed by atoms with Crippen molar-refractivity contribution in [1.82, 2.24) is 4.98 Å². The first-order chi connectivity index (χ1) is 15.9. The van der Waals surface area contributed by atoms with Gasteiger partial charge in [-0.3, -0.25) is 0 Å². The second kappa shape index (κ2) is 6.63. The molecule has 0 radical (unpaired) electrons. The van der Waals surface area contributed by atoms with Crippen LogP contribution in [-0.2, 0) is 0 Å². The van der Waals surface area contributed by atoms with Gasteiger partial charge in [-0.25, -0.2) is 4.98 Å². The Hall–Kier alpha value is -4.23. The van der Waals surface area contributed by atoms with Crippen molar-refractivity contribution >= 4 is 43.4 Å². The van der Waals surface area contributed by atoms with Gasteiger partial charge in [0.1, 0.15) is 0 Å². The highest BCUT2D eigenvalue weighted by molar-refractivity contribution is 6.32. The molecule has 0 aliphatic carbocycles. The molecule has 7 rings (SSSR count). The number of benzene rings is 6. The van der Waals surface area contributed by atoms with Crippen LogP contribution in [0.25, 0.3) is 65.6 Å². The predicted octanol–water partition coefficient (Wildman–Crippen LogP) is 8.47. The van der Waals surface area contributed by atoms with Crippen molar-refractivity contribution in [3.05, 3.63) is 115 Å². The fourth-order valence-corrected chi connectivity index (χ4v) is 5.19. The Balaban J connectivity index is 1.77. The van der Waals surface area contributed by atoms with E-state index < -0.39 is 0 Å². The van der Waals surface area contributed by atoms with E-state index in [1.807, 2.05) is 0 Å². The van der Waals surface area contributed by atoms with Crippen LogP contribution in [0.5, 0.6) is 0 Å². The summed E-state index contributed by atoms with van der Waals surface area (Å²) in [5.41, 5.74) is 7.06. The number of hydrogen-bond donors (Lipinski definition) is 0. The first-order valence-corrected chi connectivity index (χ1v) is 11.0. The van der Waals surface area contributed by atoms with Gasteiger partial charge < -0.3 is 0 Å². The van der Waals surface area contributed by atoms with Gasteiger partial charge in [0, 0.05) is 16.2 Å². The van der Waals surface area contributed by atoms with E-state index >= 15 is 0 Å². The summed E-state index contributed by atoms with van der Waals surface area (Å²) in [6.07, 6.45) is 0. The molecular weight excluding hydrogens is 386 g/mol. The van der Waals surface area contributed by atoms with Crippen molar-refractivity contribution in [3.63, 3.8) is 0 Å². The van der Waals surface area contributed by atoms with E-state index in [0.717, 1.165) is 11.0 Å². The SMILES string of the molecule is c1ccc(-c2cc3nc4ccccc4c4cc(-c5ccccc5)c5cccc2c5c34)cc1. The van der Waals surface area contributed by atoms with Crippen LogP contribution in [0.3, 0.4) is 0 Å². The van der Waals surface area contributed by atoms with Crippen LogP contribution in [0, 0.1) is 0 Å². The van der Waals surface area contributed by atoms with Gasteiger partial charge in [0.05, 0.1) is 11.0 Å². The predicted molar refractivity (Wildman–Crippen MR) is 136 cm³/mol. The highest BCUT2D eigenvalue weighted by Gasteiger charge is 2.18. The van der Waals surface area contributed by atoms with Crippen LogP contribution < -0.4 is 0 Å². The summed E-state index contributed by atoms with van der Waals surface area (Å²) < 4.78 is 0. The number of nitrogens with zero attached hydrogens (tertiary/aromatic N) is 1. The highest BCUT2D eigenvalue weighted by Crippen LogP contribution is 2.45. The zero-order valence-corrected chi connectivity index (χ0v) is 17.4. The van der Waals surface area contributed by atoms with Gasteiger partial charge in [-0.2, -0.15) is 0 Å². The van der Waals surface area contributed by atoms with Gasteiger partial charge in [0.15, 0.2) is 0 Å². The molecule has 7 aromatic rings. The Morgan fingerprint density at radius 3 is 1.62 bits per heavy atom. The second-order valence-electron chi connectivity index (χ2n) is 8.38. The van der Waals surface area contributed by atoms with Crippen LogP contribution in [0.2, 0.25) is 0 Å². The Morgan fingerprint density at radius 2 is 0.938 bits per heavy atom. The molecule has 0 bridgehead atoms. The molecule has 148 valence electrons. The third-order valence-electron chi connectivity index (χ3n) is 6.59. The maximum atomic E-state index is 5.12. The van der Waals surface area contributed by atoms with Crippen LogP contribution in [-0.4, -0.2) is 4.98 Å². The van der Waals surface area contributed by atoms with E-state index in [1.54, 1.807) is 0 Å². The van der Waals surface area contributed by atoms with Crippen molar-refractivity contribution in [2.75, 3.05) is 0 Å². The van der Waals surface area contributed by atoms with Crippen molar-refractivity contribution in [2.24, 2.45) is 0 Å². The molecular formula is C31H19N. The lowest BCUT2D eigenvalue weighted by atomic mass is 9.86. The molecule has 1 heterocycles. The Kier molecular flexibility index (Phi) is 3.62.